The molecule has 0 bridgehead atoms. The molecule has 0 aliphatic rings. The van der Waals surface area contributed by atoms with Crippen molar-refractivity contribution in [2.24, 2.45) is 0 Å². The average molecular weight is 253 g/mol. The molecule has 0 heterocycles. The first kappa shape index (κ1) is 15.8. The largest absolute Gasteiger partial charge is 0.0623 e. The molecule has 0 amide bonds. The number of rotatable bonds is 0. The summed E-state index contributed by atoms with van der Waals surface area (Å²) in [5, 5.41) is 0. The van der Waals surface area contributed by atoms with Gasteiger partial charge in [0, 0.05) is 21.4 Å². The summed E-state index contributed by atoms with van der Waals surface area (Å²) >= 11 is 0. The Morgan fingerprint density at radius 3 is 0.917 bits per heavy atom. The Labute approximate surface area is 124 Å². The Morgan fingerprint density at radius 1 is 0.750 bits per heavy atom. The molecule has 0 atom stereocenters. The minimum Gasteiger partial charge on any atom is -0.0623 e. The molecule has 0 spiro atoms. The van der Waals surface area contributed by atoms with Crippen LogP contribution in [0.5, 0.6) is 0 Å². The number of halogens is 2. The van der Waals surface area contributed by atoms with Crippen molar-refractivity contribution in [1.29, 1.82) is 0 Å². The van der Waals surface area contributed by atoms with Gasteiger partial charge in [-0.1, -0.05) is 36.4 Å². The minimum atomic E-state index is -3.72. The van der Waals surface area contributed by atoms with E-state index in [2.05, 4.69) is 21.4 Å². The SMILES string of the molecule is O=S(=O)(Cl)Cl.[KH].c1ccccc1. The molecule has 6 heteroatoms. The van der Waals surface area contributed by atoms with E-state index in [1.165, 1.54) is 0 Å². The second kappa shape index (κ2) is 8.96. The van der Waals surface area contributed by atoms with Crippen LogP contribution < -0.4 is 0 Å². The maximum absolute atomic E-state index is 9.16. The molecule has 12 heavy (non-hydrogen) atoms. The molecule has 0 saturated heterocycles. The third-order valence-electron chi connectivity index (χ3n) is 0.667. The van der Waals surface area contributed by atoms with Gasteiger partial charge in [0.2, 0.25) is 0 Å². The van der Waals surface area contributed by atoms with Crippen LogP contribution in [0.1, 0.15) is 0 Å². The standard InChI is InChI=1S/C6H6.Cl2O2S.K.H/c1-2-4-6-5-3-1;1-5(2,3)4;;/h1-6H;;;. The van der Waals surface area contributed by atoms with Crippen molar-refractivity contribution in [2.45, 2.75) is 0 Å². The fourth-order valence-corrected chi connectivity index (χ4v) is 0.385. The van der Waals surface area contributed by atoms with E-state index in [9.17, 15) is 0 Å². The van der Waals surface area contributed by atoms with Crippen LogP contribution in [0.25, 0.3) is 0 Å². The average Bonchev–Trinajstić information content (AvgIpc) is 1.88. The summed E-state index contributed by atoms with van der Waals surface area (Å²) in [7, 11) is 4.81. The first-order valence-electron chi connectivity index (χ1n) is 2.64. The van der Waals surface area contributed by atoms with Gasteiger partial charge in [-0.05, 0) is 0 Å². The molecule has 0 saturated carbocycles. The predicted octanol–water partition coefficient (Wildman–Crippen LogP) is 1.75. The van der Waals surface area contributed by atoms with Gasteiger partial charge < -0.3 is 0 Å². The van der Waals surface area contributed by atoms with Gasteiger partial charge in [0.1, 0.15) is 0 Å². The molecule has 0 unspecified atom stereocenters. The molecule has 0 aliphatic heterocycles. The molecular weight excluding hydrogens is 246 g/mol. The van der Waals surface area contributed by atoms with Gasteiger partial charge in [-0.3, -0.25) is 0 Å². The quantitative estimate of drug-likeness (QED) is 0.521. The van der Waals surface area contributed by atoms with Crippen LogP contribution in [-0.4, -0.2) is 59.8 Å². The first-order valence-corrected chi connectivity index (χ1v) is 5.78. The third-order valence-corrected chi connectivity index (χ3v) is 0.667. The van der Waals surface area contributed by atoms with E-state index in [-0.39, 0.29) is 51.4 Å². The second-order valence-electron chi connectivity index (χ2n) is 1.53. The van der Waals surface area contributed by atoms with Gasteiger partial charge in [0.05, 0.1) is 0 Å². The van der Waals surface area contributed by atoms with E-state index in [1.54, 1.807) is 0 Å². The molecule has 0 N–H and O–H groups in total. The fraction of sp³-hybridized carbons (Fsp3) is 0. The summed E-state index contributed by atoms with van der Waals surface area (Å²) in [6, 6.07) is 12.0. The predicted molar refractivity (Wildman–Crippen MR) is 54.2 cm³/mol. The summed E-state index contributed by atoms with van der Waals surface area (Å²) in [6.45, 7) is 0. The summed E-state index contributed by atoms with van der Waals surface area (Å²) in [5.74, 6) is 0. The second-order valence-corrected chi connectivity index (χ2v) is 5.20. The van der Waals surface area contributed by atoms with E-state index in [0.717, 1.165) is 0 Å². The molecule has 2 nitrogen and oxygen atoms in total. The van der Waals surface area contributed by atoms with Crippen molar-refractivity contribution in [3.05, 3.63) is 36.4 Å². The van der Waals surface area contributed by atoms with E-state index in [4.69, 9.17) is 8.42 Å². The van der Waals surface area contributed by atoms with Crippen molar-refractivity contribution >= 4 is 81.0 Å². The minimum absolute atomic E-state index is 0. The van der Waals surface area contributed by atoms with Crippen LogP contribution in [0.3, 0.4) is 0 Å². The first-order chi connectivity index (χ1) is 5.00. The van der Waals surface area contributed by atoms with Crippen molar-refractivity contribution in [3.63, 3.8) is 0 Å². The zero-order valence-electron chi connectivity index (χ0n) is 5.44. The Bertz CT molecular complexity index is 240. The Balaban J connectivity index is 0. The van der Waals surface area contributed by atoms with Crippen molar-refractivity contribution < 1.29 is 8.42 Å². The maximum atomic E-state index is 9.16. The van der Waals surface area contributed by atoms with Gasteiger partial charge in [0.15, 0.2) is 0 Å². The Kier molecular flexibility index (Phi) is 11.8. The topological polar surface area (TPSA) is 34.1 Å². The van der Waals surface area contributed by atoms with Gasteiger partial charge in [-0.15, -0.1) is 0 Å². The molecule has 0 fully saturated rings. The zero-order valence-corrected chi connectivity index (χ0v) is 7.77. The molecule has 1 aromatic rings. The zero-order chi connectivity index (χ0) is 8.74. The van der Waals surface area contributed by atoms with Crippen molar-refractivity contribution in [1.82, 2.24) is 0 Å². The summed E-state index contributed by atoms with van der Waals surface area (Å²) in [6.07, 6.45) is 0. The van der Waals surface area contributed by atoms with E-state index in [0.29, 0.717) is 0 Å². The number of hydrogen-bond acceptors (Lipinski definition) is 2. The van der Waals surface area contributed by atoms with Gasteiger partial charge in [-0.25, -0.2) is 0 Å². The molecule has 64 valence electrons. The van der Waals surface area contributed by atoms with E-state index < -0.39 is 8.26 Å². The van der Waals surface area contributed by atoms with Crippen LogP contribution in [-0.2, 0) is 8.26 Å². The fourth-order valence-electron chi connectivity index (χ4n) is 0.385. The summed E-state index contributed by atoms with van der Waals surface area (Å²) in [5.41, 5.74) is 0. The molecule has 0 aromatic heterocycles. The van der Waals surface area contributed by atoms with Gasteiger partial charge >= 0.3 is 59.6 Å². The third kappa shape index (κ3) is 22.5. The number of benzene rings is 1. The van der Waals surface area contributed by atoms with E-state index in [1.807, 2.05) is 36.4 Å². The van der Waals surface area contributed by atoms with Crippen LogP contribution in [0.2, 0.25) is 0 Å². The summed E-state index contributed by atoms with van der Waals surface area (Å²) in [4.78, 5) is 0. The Hall–Kier alpha value is 1.39. The van der Waals surface area contributed by atoms with Crippen LogP contribution in [0.15, 0.2) is 36.4 Å². The van der Waals surface area contributed by atoms with E-state index >= 15 is 0 Å². The molecular formula is C6H7Cl2KO2S. The molecule has 1 aromatic carbocycles. The van der Waals surface area contributed by atoms with Crippen molar-refractivity contribution in [2.75, 3.05) is 0 Å². The van der Waals surface area contributed by atoms with Crippen LogP contribution >= 0.6 is 21.4 Å². The smallest absolute Gasteiger partial charge is 0.0623 e. The van der Waals surface area contributed by atoms with Crippen LogP contribution in [0.4, 0.5) is 0 Å². The molecule has 0 aliphatic carbocycles. The monoisotopic (exact) mass is 252 g/mol. The van der Waals surface area contributed by atoms with Crippen LogP contribution in [0, 0.1) is 0 Å². The molecule has 0 radical (unpaired) electrons. The molecule has 1 rings (SSSR count). The normalized spacial score (nSPS) is 8.83. The van der Waals surface area contributed by atoms with Gasteiger partial charge in [-0.2, -0.15) is 8.42 Å². The Morgan fingerprint density at radius 2 is 0.833 bits per heavy atom. The maximum Gasteiger partial charge on any atom is -0.0623 e. The summed E-state index contributed by atoms with van der Waals surface area (Å²) < 4.78 is 18.3. The number of hydrogen-bond donors (Lipinski definition) is 0. The van der Waals surface area contributed by atoms with Gasteiger partial charge in [0.25, 0.3) is 0 Å². The van der Waals surface area contributed by atoms with Crippen molar-refractivity contribution in [3.8, 4) is 0 Å².